The van der Waals surface area contributed by atoms with Gasteiger partial charge in [0, 0.05) is 45.9 Å². The van der Waals surface area contributed by atoms with Crippen molar-refractivity contribution in [1.29, 1.82) is 0 Å². The molecule has 7 heteroatoms. The molecule has 3 heterocycles. The topological polar surface area (TPSA) is 33.5 Å². The molecule has 0 bridgehead atoms. The Labute approximate surface area is 342 Å². The monoisotopic (exact) mass is 774 g/mol. The van der Waals surface area contributed by atoms with Crippen LogP contribution in [0.25, 0.3) is 49.9 Å². The highest BCUT2D eigenvalue weighted by molar-refractivity contribution is 6.09. The Balaban J connectivity index is 1.03. The van der Waals surface area contributed by atoms with Gasteiger partial charge in [-0.05, 0) is 101 Å². The Hall–Kier alpha value is -7.25. The third kappa shape index (κ3) is 6.54. The fraction of sp³-hybridized carbons (Fsp3) is 0.0962. The molecule has 0 unspecified atom stereocenters. The number of fused-ring (bicyclic) bond motifs is 4. The van der Waals surface area contributed by atoms with E-state index in [1.54, 1.807) is 24.3 Å². The lowest BCUT2D eigenvalue weighted by Gasteiger charge is -2.27. The van der Waals surface area contributed by atoms with Crippen LogP contribution in [-0.2, 0) is 5.41 Å². The van der Waals surface area contributed by atoms with E-state index in [-0.39, 0.29) is 17.0 Å². The molecule has 9 aromatic rings. The zero-order valence-electron chi connectivity index (χ0n) is 32.9. The van der Waals surface area contributed by atoms with E-state index < -0.39 is 0 Å². The van der Waals surface area contributed by atoms with Gasteiger partial charge in [0.25, 0.3) is 0 Å². The van der Waals surface area contributed by atoms with Crippen LogP contribution in [0.1, 0.15) is 26.3 Å². The van der Waals surface area contributed by atoms with Crippen molar-refractivity contribution in [3.05, 3.63) is 193 Å². The van der Waals surface area contributed by atoms with E-state index in [2.05, 4.69) is 120 Å². The molecule has 0 N–H and O–H groups in total. The first-order valence-electron chi connectivity index (χ1n) is 19.8. The highest BCUT2D eigenvalue weighted by Gasteiger charge is 2.31. The Bertz CT molecular complexity index is 2960. The highest BCUT2D eigenvalue weighted by atomic mass is 19.1. The molecule has 0 aliphatic carbocycles. The van der Waals surface area contributed by atoms with E-state index >= 15 is 0 Å². The van der Waals surface area contributed by atoms with Crippen LogP contribution in [0.4, 0.5) is 31.5 Å². The summed E-state index contributed by atoms with van der Waals surface area (Å²) in [5, 5.41) is 2.28. The van der Waals surface area contributed by atoms with Crippen molar-refractivity contribution in [3.8, 4) is 39.6 Å². The summed E-state index contributed by atoms with van der Waals surface area (Å²) in [7, 11) is 0. The summed E-state index contributed by atoms with van der Waals surface area (Å²) in [5.41, 5.74) is 10.9. The fourth-order valence-electron chi connectivity index (χ4n) is 8.30. The van der Waals surface area contributed by atoms with E-state index in [1.165, 1.54) is 29.8 Å². The van der Waals surface area contributed by atoms with Gasteiger partial charge in [-0.15, -0.1) is 0 Å². The van der Waals surface area contributed by atoms with Gasteiger partial charge in [-0.3, -0.25) is 4.57 Å². The number of anilines is 4. The number of pyridine rings is 1. The molecule has 1 aliphatic heterocycles. The second-order valence-electron chi connectivity index (χ2n) is 16.0. The minimum Gasteiger partial charge on any atom is -0.457 e. The number of ether oxygens (including phenoxy) is 1. The highest BCUT2D eigenvalue weighted by Crippen LogP contribution is 2.50. The lowest BCUT2D eigenvalue weighted by atomic mass is 9.88. The first kappa shape index (κ1) is 36.1. The minimum atomic E-state index is -0.296. The van der Waals surface area contributed by atoms with Gasteiger partial charge in [-0.2, -0.15) is 0 Å². The summed E-state index contributed by atoms with van der Waals surface area (Å²) in [6.07, 6.45) is 1.89. The molecule has 59 heavy (non-hydrogen) atoms. The Morgan fingerprint density at radius 2 is 1.15 bits per heavy atom. The summed E-state index contributed by atoms with van der Waals surface area (Å²) >= 11 is 0. The van der Waals surface area contributed by atoms with Gasteiger partial charge >= 0.3 is 0 Å². The van der Waals surface area contributed by atoms with Crippen LogP contribution in [0.5, 0.6) is 11.5 Å². The summed E-state index contributed by atoms with van der Waals surface area (Å²) in [6.45, 7) is 7.14. The van der Waals surface area contributed by atoms with E-state index in [4.69, 9.17) is 9.72 Å². The van der Waals surface area contributed by atoms with E-state index in [0.29, 0.717) is 18.2 Å². The second-order valence-corrected chi connectivity index (χ2v) is 16.0. The van der Waals surface area contributed by atoms with Gasteiger partial charge < -0.3 is 14.5 Å². The van der Waals surface area contributed by atoms with Gasteiger partial charge in [0.15, 0.2) is 0 Å². The van der Waals surface area contributed by atoms with Crippen molar-refractivity contribution in [2.75, 3.05) is 16.5 Å². The molecule has 7 aromatic carbocycles. The van der Waals surface area contributed by atoms with Crippen molar-refractivity contribution < 1.29 is 13.5 Å². The van der Waals surface area contributed by atoms with Gasteiger partial charge in [0.05, 0.1) is 28.1 Å². The standard InChI is InChI=1S/C52H40F2N4O/c1-52(2,3)36-28-29-55-50(30-36)58-46-15-5-4-12-44(46)45-27-26-41(32-49(45)58)59-40-11-8-10-39(31-40)56-33-57(48-17-7-6-16-47(48)56)51-42(34-18-22-37(53)23-19-34)13-9-14-43(51)35-20-24-38(54)25-21-35/h4-32H,33H2,1-3H3. The van der Waals surface area contributed by atoms with Crippen LogP contribution in [-0.4, -0.2) is 16.2 Å². The number of nitrogens with zero attached hydrogens (tertiary/aromatic N) is 4. The fourth-order valence-corrected chi connectivity index (χ4v) is 8.30. The van der Waals surface area contributed by atoms with Crippen molar-refractivity contribution in [1.82, 2.24) is 9.55 Å². The normalized spacial score (nSPS) is 12.7. The first-order valence-corrected chi connectivity index (χ1v) is 19.8. The van der Waals surface area contributed by atoms with E-state index in [1.807, 2.05) is 42.6 Å². The summed E-state index contributed by atoms with van der Waals surface area (Å²) in [4.78, 5) is 9.40. The Morgan fingerprint density at radius 3 is 1.85 bits per heavy atom. The molecule has 0 radical (unpaired) electrons. The lowest BCUT2D eigenvalue weighted by Crippen LogP contribution is -2.25. The minimum absolute atomic E-state index is 0.0283. The van der Waals surface area contributed by atoms with Crippen molar-refractivity contribution in [2.45, 2.75) is 26.2 Å². The third-order valence-electron chi connectivity index (χ3n) is 11.2. The second kappa shape index (κ2) is 14.3. The molecular formula is C52H40F2N4O. The quantitative estimate of drug-likeness (QED) is 0.161. The predicted molar refractivity (Wildman–Crippen MR) is 237 cm³/mol. The van der Waals surface area contributed by atoms with Crippen LogP contribution >= 0.6 is 0 Å². The van der Waals surface area contributed by atoms with Gasteiger partial charge in [-0.25, -0.2) is 13.8 Å². The molecule has 0 saturated heterocycles. The van der Waals surface area contributed by atoms with E-state index in [9.17, 15) is 8.78 Å². The van der Waals surface area contributed by atoms with Crippen LogP contribution in [0.15, 0.2) is 176 Å². The van der Waals surface area contributed by atoms with E-state index in [0.717, 1.165) is 72.6 Å². The van der Waals surface area contributed by atoms with Gasteiger partial charge in [0.2, 0.25) is 0 Å². The van der Waals surface area contributed by atoms with Crippen molar-refractivity contribution in [2.24, 2.45) is 0 Å². The molecular weight excluding hydrogens is 735 g/mol. The van der Waals surface area contributed by atoms with Crippen LogP contribution in [0.3, 0.4) is 0 Å². The molecule has 0 spiro atoms. The largest absolute Gasteiger partial charge is 0.457 e. The number of rotatable bonds is 7. The Morgan fingerprint density at radius 1 is 0.542 bits per heavy atom. The maximum absolute atomic E-state index is 14.2. The maximum atomic E-state index is 14.2. The zero-order valence-corrected chi connectivity index (χ0v) is 32.9. The molecule has 288 valence electrons. The average Bonchev–Trinajstić information content (AvgIpc) is 3.80. The van der Waals surface area contributed by atoms with Gasteiger partial charge in [-0.1, -0.05) is 99.6 Å². The Kier molecular flexibility index (Phi) is 8.75. The molecule has 0 amide bonds. The number of aromatic nitrogens is 2. The van der Waals surface area contributed by atoms with Crippen molar-refractivity contribution >= 4 is 44.6 Å². The predicted octanol–water partition coefficient (Wildman–Crippen LogP) is 14.1. The molecule has 2 aromatic heterocycles. The number of benzene rings is 7. The number of halogens is 2. The molecule has 0 saturated carbocycles. The number of hydrogen-bond acceptors (Lipinski definition) is 4. The molecule has 5 nitrogen and oxygen atoms in total. The number of hydrogen-bond donors (Lipinski definition) is 0. The van der Waals surface area contributed by atoms with Crippen LogP contribution in [0.2, 0.25) is 0 Å². The van der Waals surface area contributed by atoms with Gasteiger partial charge in [0.1, 0.15) is 35.6 Å². The molecule has 0 atom stereocenters. The maximum Gasteiger partial charge on any atom is 0.137 e. The lowest BCUT2D eigenvalue weighted by molar-refractivity contribution is 0.483. The zero-order chi connectivity index (χ0) is 40.3. The SMILES string of the molecule is CC(C)(C)c1ccnc(-n2c3ccccc3c3ccc(Oc4cccc(N5CN(c6c(-c7ccc(F)cc7)cccc6-c6ccc(F)cc6)c6ccccc65)c4)cc32)c1. The number of para-hydroxylation sites is 4. The smallest absolute Gasteiger partial charge is 0.137 e. The first-order chi connectivity index (χ1) is 28.7. The summed E-state index contributed by atoms with van der Waals surface area (Å²) in [5.74, 6) is 1.69. The van der Waals surface area contributed by atoms with Crippen LogP contribution < -0.4 is 14.5 Å². The third-order valence-corrected chi connectivity index (χ3v) is 11.2. The molecule has 10 rings (SSSR count). The molecule has 1 aliphatic rings. The van der Waals surface area contributed by atoms with Crippen molar-refractivity contribution in [3.63, 3.8) is 0 Å². The average molecular weight is 775 g/mol. The summed E-state index contributed by atoms with van der Waals surface area (Å²) < 4.78 is 37.3. The molecule has 0 fully saturated rings. The van der Waals surface area contributed by atoms with Crippen LogP contribution in [0, 0.1) is 11.6 Å². The summed E-state index contributed by atoms with van der Waals surface area (Å²) in [6, 6.07) is 54.7.